The van der Waals surface area contributed by atoms with Gasteiger partial charge in [-0.05, 0) is 87.2 Å². The van der Waals surface area contributed by atoms with Crippen molar-refractivity contribution in [1.82, 2.24) is 4.98 Å². The zero-order valence-electron chi connectivity index (χ0n) is 21.8. The molecule has 1 aromatic heterocycles. The van der Waals surface area contributed by atoms with Gasteiger partial charge in [0, 0.05) is 18.7 Å². The molecular formula is C29H31N3O4S2. The standard InChI is InChI=1S/C29H31N3O4S2/c1-4-32(23-9-6-5-7-10-23)38(34,35)25-15-13-22(14-16-25)28(33)31(19-24-11-8-18-36-24)29-30-27-21(3)20(2)12-17-26(27)37-29/h5-7,9-10,12-17,24H,4,8,11,18-19H2,1-3H3. The Bertz CT molecular complexity index is 1540. The van der Waals surface area contributed by atoms with Gasteiger partial charge in [0.2, 0.25) is 0 Å². The summed E-state index contributed by atoms with van der Waals surface area (Å²) >= 11 is 1.48. The Balaban J connectivity index is 1.46. The van der Waals surface area contributed by atoms with Crippen molar-refractivity contribution in [2.75, 3.05) is 28.9 Å². The molecule has 0 N–H and O–H groups in total. The quantitative estimate of drug-likeness (QED) is 0.271. The van der Waals surface area contributed by atoms with Gasteiger partial charge in [-0.3, -0.25) is 14.0 Å². The maximum Gasteiger partial charge on any atom is 0.264 e. The van der Waals surface area contributed by atoms with Crippen LogP contribution in [0, 0.1) is 13.8 Å². The number of hydrogen-bond donors (Lipinski definition) is 0. The van der Waals surface area contributed by atoms with E-state index < -0.39 is 10.0 Å². The second-order valence-electron chi connectivity index (χ2n) is 9.43. The van der Waals surface area contributed by atoms with Gasteiger partial charge in [-0.15, -0.1) is 0 Å². The fourth-order valence-corrected chi connectivity index (χ4v) is 7.21. The molecule has 198 valence electrons. The van der Waals surface area contributed by atoms with Crippen LogP contribution in [-0.2, 0) is 14.8 Å². The highest BCUT2D eigenvalue weighted by molar-refractivity contribution is 7.92. The molecule has 7 nitrogen and oxygen atoms in total. The zero-order chi connectivity index (χ0) is 26.9. The molecule has 0 spiro atoms. The van der Waals surface area contributed by atoms with Gasteiger partial charge in [-0.25, -0.2) is 13.4 Å². The van der Waals surface area contributed by atoms with Crippen molar-refractivity contribution in [2.45, 2.75) is 44.6 Å². The maximum atomic E-state index is 13.8. The van der Waals surface area contributed by atoms with Crippen molar-refractivity contribution in [2.24, 2.45) is 0 Å². The number of hydrogen-bond acceptors (Lipinski definition) is 6. The van der Waals surface area contributed by atoms with E-state index in [2.05, 4.69) is 13.0 Å². The van der Waals surface area contributed by atoms with Crippen LogP contribution in [0.25, 0.3) is 10.2 Å². The van der Waals surface area contributed by atoms with Crippen LogP contribution in [0.5, 0.6) is 0 Å². The minimum Gasteiger partial charge on any atom is -0.376 e. The smallest absolute Gasteiger partial charge is 0.264 e. The molecule has 1 amide bonds. The number of nitrogens with zero attached hydrogens (tertiary/aromatic N) is 3. The molecule has 0 aliphatic carbocycles. The Morgan fingerprint density at radius 1 is 1.05 bits per heavy atom. The van der Waals surface area contributed by atoms with Crippen LogP contribution < -0.4 is 9.21 Å². The van der Waals surface area contributed by atoms with Crippen molar-refractivity contribution in [3.05, 3.63) is 83.4 Å². The maximum absolute atomic E-state index is 13.8. The van der Waals surface area contributed by atoms with Crippen molar-refractivity contribution >= 4 is 48.3 Å². The first-order valence-electron chi connectivity index (χ1n) is 12.8. The number of thiazole rings is 1. The Labute approximate surface area is 227 Å². The third-order valence-electron chi connectivity index (χ3n) is 6.98. The summed E-state index contributed by atoms with van der Waals surface area (Å²) < 4.78 is 35.0. The van der Waals surface area contributed by atoms with Gasteiger partial charge in [0.25, 0.3) is 15.9 Å². The number of carbonyl (C=O) groups is 1. The summed E-state index contributed by atoms with van der Waals surface area (Å²) in [6.45, 7) is 7.27. The van der Waals surface area contributed by atoms with Crippen LogP contribution >= 0.6 is 11.3 Å². The number of anilines is 2. The first-order chi connectivity index (χ1) is 18.3. The van der Waals surface area contributed by atoms with E-state index in [1.54, 1.807) is 36.1 Å². The SMILES string of the molecule is CCN(c1ccccc1)S(=O)(=O)c1ccc(C(=O)N(CC2CCCO2)c2nc3c(C)c(C)ccc3s2)cc1. The number of ether oxygens (including phenoxy) is 1. The van der Waals surface area contributed by atoms with Crippen LogP contribution in [0.4, 0.5) is 10.8 Å². The number of amides is 1. The lowest BCUT2D eigenvalue weighted by Gasteiger charge is -2.24. The molecular weight excluding hydrogens is 518 g/mol. The van der Waals surface area contributed by atoms with E-state index in [4.69, 9.17) is 9.72 Å². The van der Waals surface area contributed by atoms with Gasteiger partial charge < -0.3 is 4.74 Å². The van der Waals surface area contributed by atoms with Gasteiger partial charge in [-0.2, -0.15) is 0 Å². The predicted molar refractivity (Wildman–Crippen MR) is 153 cm³/mol. The summed E-state index contributed by atoms with van der Waals surface area (Å²) in [7, 11) is -3.79. The lowest BCUT2D eigenvalue weighted by Crippen LogP contribution is -2.37. The molecule has 1 saturated heterocycles. The van der Waals surface area contributed by atoms with Gasteiger partial charge >= 0.3 is 0 Å². The highest BCUT2D eigenvalue weighted by atomic mass is 32.2. The number of rotatable bonds is 8. The molecule has 1 unspecified atom stereocenters. The van der Waals surface area contributed by atoms with Crippen LogP contribution in [0.1, 0.15) is 41.3 Å². The molecule has 0 bridgehead atoms. The fraction of sp³-hybridized carbons (Fsp3) is 0.310. The summed E-state index contributed by atoms with van der Waals surface area (Å²) in [5.74, 6) is -0.228. The van der Waals surface area contributed by atoms with E-state index in [1.807, 2.05) is 31.2 Å². The highest BCUT2D eigenvalue weighted by Gasteiger charge is 2.29. The van der Waals surface area contributed by atoms with Gasteiger partial charge in [0.1, 0.15) is 0 Å². The van der Waals surface area contributed by atoms with Gasteiger partial charge in [-0.1, -0.05) is 35.6 Å². The average molecular weight is 550 g/mol. The van der Waals surface area contributed by atoms with Crippen molar-refractivity contribution in [3.8, 4) is 0 Å². The molecule has 1 aliphatic heterocycles. The van der Waals surface area contributed by atoms with Crippen LogP contribution in [-0.4, -0.2) is 45.1 Å². The summed E-state index contributed by atoms with van der Waals surface area (Å²) in [4.78, 5) is 20.5. The number of carbonyl (C=O) groups excluding carboxylic acids is 1. The monoisotopic (exact) mass is 549 g/mol. The van der Waals surface area contributed by atoms with E-state index in [1.165, 1.54) is 27.8 Å². The molecule has 1 atom stereocenters. The molecule has 3 aromatic carbocycles. The number of aryl methyl sites for hydroxylation is 2. The van der Waals surface area contributed by atoms with E-state index in [9.17, 15) is 13.2 Å². The Morgan fingerprint density at radius 2 is 1.79 bits per heavy atom. The number of fused-ring (bicyclic) bond motifs is 1. The first-order valence-corrected chi connectivity index (χ1v) is 15.0. The van der Waals surface area contributed by atoms with E-state index in [0.29, 0.717) is 36.1 Å². The molecule has 5 rings (SSSR count). The number of para-hydroxylation sites is 1. The minimum atomic E-state index is -3.79. The van der Waals surface area contributed by atoms with Crippen LogP contribution in [0.2, 0.25) is 0 Å². The van der Waals surface area contributed by atoms with Gasteiger partial charge in [0.15, 0.2) is 5.13 Å². The van der Waals surface area contributed by atoms with Crippen LogP contribution in [0.15, 0.2) is 71.6 Å². The topological polar surface area (TPSA) is 79.8 Å². The summed E-state index contributed by atoms with van der Waals surface area (Å²) in [6, 6.07) is 19.3. The summed E-state index contributed by atoms with van der Waals surface area (Å²) in [5.41, 5.74) is 4.15. The molecule has 0 radical (unpaired) electrons. The number of aromatic nitrogens is 1. The van der Waals surface area contributed by atoms with Crippen molar-refractivity contribution < 1.29 is 17.9 Å². The Kier molecular flexibility index (Phi) is 7.52. The lowest BCUT2D eigenvalue weighted by molar-refractivity contribution is 0.0917. The molecule has 9 heteroatoms. The normalized spacial score (nSPS) is 15.6. The van der Waals surface area contributed by atoms with Crippen LogP contribution in [0.3, 0.4) is 0 Å². The minimum absolute atomic E-state index is 0.0579. The Hall–Kier alpha value is -3.27. The van der Waals surface area contributed by atoms with Crippen molar-refractivity contribution in [3.63, 3.8) is 0 Å². The highest BCUT2D eigenvalue weighted by Crippen LogP contribution is 2.33. The second-order valence-corrected chi connectivity index (χ2v) is 12.3. The summed E-state index contributed by atoms with van der Waals surface area (Å²) in [5, 5.41) is 0.618. The molecule has 1 fully saturated rings. The first kappa shape index (κ1) is 26.3. The molecule has 0 saturated carbocycles. The van der Waals surface area contributed by atoms with E-state index >= 15 is 0 Å². The third-order valence-corrected chi connectivity index (χ3v) is 9.94. The van der Waals surface area contributed by atoms with E-state index in [-0.39, 0.29) is 16.9 Å². The summed E-state index contributed by atoms with van der Waals surface area (Å²) in [6.07, 6.45) is 1.79. The molecule has 4 aromatic rings. The van der Waals surface area contributed by atoms with Gasteiger partial charge in [0.05, 0.1) is 33.4 Å². The average Bonchev–Trinajstić information content (AvgIpc) is 3.60. The Morgan fingerprint density at radius 3 is 2.45 bits per heavy atom. The molecule has 1 aliphatic rings. The predicted octanol–water partition coefficient (Wildman–Crippen LogP) is 5.95. The second kappa shape index (κ2) is 10.8. The zero-order valence-corrected chi connectivity index (χ0v) is 23.4. The number of sulfonamides is 1. The number of benzene rings is 3. The third kappa shape index (κ3) is 5.06. The van der Waals surface area contributed by atoms with Crippen molar-refractivity contribution in [1.29, 1.82) is 0 Å². The molecule has 38 heavy (non-hydrogen) atoms. The lowest BCUT2D eigenvalue weighted by atomic mass is 10.1. The largest absolute Gasteiger partial charge is 0.376 e. The molecule has 2 heterocycles. The van der Waals surface area contributed by atoms with E-state index in [0.717, 1.165) is 34.2 Å². The fourth-order valence-electron chi connectivity index (χ4n) is 4.71.